The lowest BCUT2D eigenvalue weighted by Crippen LogP contribution is -2.59. The number of hydrogen-bond acceptors (Lipinski definition) is 3. The highest BCUT2D eigenvalue weighted by Gasteiger charge is 2.46. The molecule has 2 aliphatic rings. The van der Waals surface area contributed by atoms with Gasteiger partial charge < -0.3 is 15.1 Å². The van der Waals surface area contributed by atoms with Crippen molar-refractivity contribution >= 4 is 17.7 Å². The van der Waals surface area contributed by atoms with E-state index in [-0.39, 0.29) is 29.1 Å². The molecular formula is C22H31N3O3. The molecule has 2 heterocycles. The van der Waals surface area contributed by atoms with Crippen molar-refractivity contribution in [2.75, 3.05) is 26.7 Å². The third kappa shape index (κ3) is 4.05. The smallest absolute Gasteiger partial charge is 0.247 e. The Morgan fingerprint density at radius 3 is 2.32 bits per heavy atom. The van der Waals surface area contributed by atoms with E-state index in [1.165, 1.54) is 6.92 Å². The average molecular weight is 386 g/mol. The molecule has 0 aromatic heterocycles. The third-order valence-corrected chi connectivity index (χ3v) is 6.22. The minimum absolute atomic E-state index is 0.0398. The predicted octanol–water partition coefficient (Wildman–Crippen LogP) is 2.16. The topological polar surface area (TPSA) is 69.7 Å². The number of hydrogen-bond donors (Lipinski definition) is 1. The van der Waals surface area contributed by atoms with Crippen LogP contribution in [0.5, 0.6) is 0 Å². The highest BCUT2D eigenvalue weighted by Crippen LogP contribution is 2.45. The fraction of sp³-hybridized carbons (Fsp3) is 0.591. The first-order valence-corrected chi connectivity index (χ1v) is 10.0. The van der Waals surface area contributed by atoms with E-state index in [4.69, 9.17) is 0 Å². The molecule has 0 aliphatic carbocycles. The minimum Gasteiger partial charge on any atom is -0.345 e. The lowest BCUT2D eigenvalue weighted by Gasteiger charge is -2.49. The largest absolute Gasteiger partial charge is 0.345 e. The van der Waals surface area contributed by atoms with Crippen LogP contribution in [-0.2, 0) is 14.4 Å². The van der Waals surface area contributed by atoms with Crippen LogP contribution in [0.2, 0.25) is 0 Å². The maximum absolute atomic E-state index is 12.9. The number of rotatable bonds is 3. The quantitative estimate of drug-likeness (QED) is 0.867. The molecular weight excluding hydrogens is 354 g/mol. The van der Waals surface area contributed by atoms with E-state index >= 15 is 0 Å². The van der Waals surface area contributed by atoms with Gasteiger partial charge in [0.1, 0.15) is 5.54 Å². The molecule has 28 heavy (non-hydrogen) atoms. The van der Waals surface area contributed by atoms with Crippen LogP contribution < -0.4 is 5.32 Å². The summed E-state index contributed by atoms with van der Waals surface area (Å²) in [7, 11) is 1.89. The van der Waals surface area contributed by atoms with Gasteiger partial charge in [0.2, 0.25) is 17.7 Å². The summed E-state index contributed by atoms with van der Waals surface area (Å²) in [6.45, 7) is 6.99. The Morgan fingerprint density at radius 2 is 1.75 bits per heavy atom. The highest BCUT2D eigenvalue weighted by molar-refractivity contribution is 5.90. The van der Waals surface area contributed by atoms with Gasteiger partial charge in [-0.3, -0.25) is 14.4 Å². The molecule has 3 amide bonds. The van der Waals surface area contributed by atoms with Crippen molar-refractivity contribution in [2.24, 2.45) is 5.41 Å². The number of carbonyl (C=O) groups is 3. The van der Waals surface area contributed by atoms with E-state index in [1.54, 1.807) is 13.8 Å². The molecule has 1 atom stereocenters. The summed E-state index contributed by atoms with van der Waals surface area (Å²) in [5.74, 6) is -0.178. The maximum atomic E-state index is 12.9. The first-order valence-electron chi connectivity index (χ1n) is 10.0. The summed E-state index contributed by atoms with van der Waals surface area (Å²) >= 11 is 0. The Bertz CT molecular complexity index is 752. The Kier molecular flexibility index (Phi) is 5.50. The summed E-state index contributed by atoms with van der Waals surface area (Å²) in [4.78, 5) is 40.8. The molecule has 1 aromatic rings. The van der Waals surface area contributed by atoms with Crippen LogP contribution in [-0.4, -0.2) is 59.7 Å². The second-order valence-electron chi connectivity index (χ2n) is 8.96. The Morgan fingerprint density at radius 1 is 1.14 bits per heavy atom. The number of benzene rings is 1. The SMILES string of the molecule is CC(=O)NC(C)(C)C(=O)N1CCC2(CC1)C[C@@H](c1ccccc1)C(=O)N(C)C2. The molecule has 1 N–H and O–H groups in total. The van der Waals surface area contributed by atoms with Gasteiger partial charge in [-0.25, -0.2) is 0 Å². The van der Waals surface area contributed by atoms with Crippen molar-refractivity contribution in [2.45, 2.75) is 51.5 Å². The molecule has 2 fully saturated rings. The van der Waals surface area contributed by atoms with E-state index < -0.39 is 5.54 Å². The normalized spacial score (nSPS) is 22.3. The lowest BCUT2D eigenvalue weighted by molar-refractivity contribution is -0.146. The van der Waals surface area contributed by atoms with Crippen molar-refractivity contribution in [3.8, 4) is 0 Å². The summed E-state index contributed by atoms with van der Waals surface area (Å²) in [6, 6.07) is 10.00. The molecule has 0 radical (unpaired) electrons. The summed E-state index contributed by atoms with van der Waals surface area (Å²) < 4.78 is 0. The van der Waals surface area contributed by atoms with Crippen LogP contribution in [0.3, 0.4) is 0 Å². The first kappa shape index (κ1) is 20.4. The molecule has 1 aromatic carbocycles. The van der Waals surface area contributed by atoms with Gasteiger partial charge in [0, 0.05) is 33.6 Å². The van der Waals surface area contributed by atoms with Gasteiger partial charge in [-0.1, -0.05) is 30.3 Å². The van der Waals surface area contributed by atoms with Gasteiger partial charge >= 0.3 is 0 Å². The van der Waals surface area contributed by atoms with Gasteiger partial charge in [-0.2, -0.15) is 0 Å². The lowest BCUT2D eigenvalue weighted by atomic mass is 9.67. The number of carbonyl (C=O) groups excluding carboxylic acids is 3. The molecule has 2 saturated heterocycles. The van der Waals surface area contributed by atoms with Crippen LogP contribution >= 0.6 is 0 Å². The molecule has 0 bridgehead atoms. The molecule has 0 unspecified atom stereocenters. The van der Waals surface area contributed by atoms with Crippen molar-refractivity contribution in [3.63, 3.8) is 0 Å². The van der Waals surface area contributed by atoms with E-state index in [9.17, 15) is 14.4 Å². The monoisotopic (exact) mass is 385 g/mol. The van der Waals surface area contributed by atoms with Crippen LogP contribution in [0.15, 0.2) is 30.3 Å². The van der Waals surface area contributed by atoms with Gasteiger partial charge in [-0.15, -0.1) is 0 Å². The molecule has 6 heteroatoms. The van der Waals surface area contributed by atoms with E-state index in [2.05, 4.69) is 5.32 Å². The van der Waals surface area contributed by atoms with E-state index in [0.717, 1.165) is 31.4 Å². The number of nitrogens with one attached hydrogen (secondary N) is 1. The fourth-order valence-corrected chi connectivity index (χ4v) is 4.81. The van der Waals surface area contributed by atoms with Crippen LogP contribution in [0.25, 0.3) is 0 Å². The van der Waals surface area contributed by atoms with Gasteiger partial charge in [-0.05, 0) is 44.1 Å². The maximum Gasteiger partial charge on any atom is 0.247 e. The summed E-state index contributed by atoms with van der Waals surface area (Å²) in [5, 5.41) is 2.75. The number of likely N-dealkylation sites (tertiary alicyclic amines) is 2. The van der Waals surface area contributed by atoms with Crippen LogP contribution in [0.4, 0.5) is 0 Å². The number of piperidine rings is 2. The highest BCUT2D eigenvalue weighted by atomic mass is 16.2. The average Bonchev–Trinajstić information content (AvgIpc) is 2.64. The van der Waals surface area contributed by atoms with Crippen molar-refractivity contribution in [1.29, 1.82) is 0 Å². The van der Waals surface area contributed by atoms with Crippen molar-refractivity contribution in [3.05, 3.63) is 35.9 Å². The van der Waals surface area contributed by atoms with E-state index in [0.29, 0.717) is 13.1 Å². The van der Waals surface area contributed by atoms with Crippen molar-refractivity contribution < 1.29 is 14.4 Å². The zero-order valence-corrected chi connectivity index (χ0v) is 17.3. The molecule has 0 saturated carbocycles. The van der Waals surface area contributed by atoms with Gasteiger partial charge in [0.05, 0.1) is 5.92 Å². The molecule has 152 valence electrons. The zero-order valence-electron chi connectivity index (χ0n) is 17.3. The second kappa shape index (κ2) is 7.57. The Labute approximate surface area is 167 Å². The standard InChI is InChI=1S/C22H31N3O3/c1-16(26)23-21(2,3)20(28)25-12-10-22(11-13-25)14-18(19(27)24(4)15-22)17-8-6-5-7-9-17/h5-9,18H,10-15H2,1-4H3,(H,23,26)/t18-/m0/s1. The van der Waals surface area contributed by atoms with Gasteiger partial charge in [0.25, 0.3) is 0 Å². The Balaban J connectivity index is 1.71. The number of amides is 3. The zero-order chi connectivity index (χ0) is 20.5. The molecule has 2 aliphatic heterocycles. The molecule has 1 spiro atoms. The first-order chi connectivity index (χ1) is 13.1. The summed E-state index contributed by atoms with van der Waals surface area (Å²) in [6.07, 6.45) is 2.57. The van der Waals surface area contributed by atoms with Crippen molar-refractivity contribution in [1.82, 2.24) is 15.1 Å². The van der Waals surface area contributed by atoms with Crippen LogP contribution in [0, 0.1) is 5.41 Å². The number of nitrogens with zero attached hydrogens (tertiary/aromatic N) is 2. The number of likely N-dealkylation sites (N-methyl/N-ethyl adjacent to an activating group) is 1. The minimum atomic E-state index is -0.901. The van der Waals surface area contributed by atoms with E-state index in [1.807, 2.05) is 47.2 Å². The summed E-state index contributed by atoms with van der Waals surface area (Å²) in [5.41, 5.74) is 0.212. The fourth-order valence-electron chi connectivity index (χ4n) is 4.81. The molecule has 6 nitrogen and oxygen atoms in total. The predicted molar refractivity (Wildman–Crippen MR) is 108 cm³/mol. The Hall–Kier alpha value is -2.37. The third-order valence-electron chi connectivity index (χ3n) is 6.22. The second-order valence-corrected chi connectivity index (χ2v) is 8.96. The van der Waals surface area contributed by atoms with Crippen LogP contribution in [0.1, 0.15) is 51.5 Å². The molecule has 3 rings (SSSR count). The van der Waals surface area contributed by atoms with Gasteiger partial charge in [0.15, 0.2) is 0 Å².